The Morgan fingerprint density at radius 1 is 0.923 bits per heavy atom. The summed E-state index contributed by atoms with van der Waals surface area (Å²) >= 11 is 0. The predicted molar refractivity (Wildman–Crippen MR) is 57.9 cm³/mol. The molecule has 0 atom stereocenters. The van der Waals surface area contributed by atoms with Crippen molar-refractivity contribution in [1.82, 2.24) is 0 Å². The van der Waals surface area contributed by atoms with Crippen LogP contribution in [0.4, 0.5) is 0 Å². The summed E-state index contributed by atoms with van der Waals surface area (Å²) in [6.45, 7) is 8.78. The molecular weight excluding hydrogens is 163 g/mol. The molecule has 3 heteroatoms. The molecule has 0 saturated carbocycles. The standard InChI is InChI=1S/C10H19BO2/c1-3-5-7-9-12-11-13-10-8-6-4-2/h3-4,11H,1-2,5-10H2. The van der Waals surface area contributed by atoms with Crippen molar-refractivity contribution in [2.75, 3.05) is 13.2 Å². The predicted octanol–water partition coefficient (Wildman–Crippen LogP) is 2.22. The summed E-state index contributed by atoms with van der Waals surface area (Å²) in [7, 11) is 0.411. The third-order valence-corrected chi connectivity index (χ3v) is 1.56. The number of unbranched alkanes of at least 4 members (excludes halogenated alkanes) is 2. The molecule has 0 aliphatic rings. The molecule has 74 valence electrons. The Bertz CT molecular complexity index is 112. The molecule has 0 N–H and O–H groups in total. The molecule has 13 heavy (non-hydrogen) atoms. The van der Waals surface area contributed by atoms with Gasteiger partial charge in [0.2, 0.25) is 0 Å². The molecule has 0 saturated heterocycles. The molecule has 0 aliphatic carbocycles. The Hall–Kier alpha value is -0.535. The van der Waals surface area contributed by atoms with Crippen LogP contribution in [0.1, 0.15) is 25.7 Å². The van der Waals surface area contributed by atoms with Crippen molar-refractivity contribution in [3.05, 3.63) is 25.3 Å². The second-order valence-electron chi connectivity index (χ2n) is 2.80. The van der Waals surface area contributed by atoms with Crippen LogP contribution in [0.3, 0.4) is 0 Å². The zero-order valence-corrected chi connectivity index (χ0v) is 8.34. The first-order valence-electron chi connectivity index (χ1n) is 4.79. The van der Waals surface area contributed by atoms with Crippen LogP contribution >= 0.6 is 0 Å². The van der Waals surface area contributed by atoms with Crippen LogP contribution < -0.4 is 0 Å². The molecule has 0 aliphatic heterocycles. The summed E-state index contributed by atoms with van der Waals surface area (Å²) in [6, 6.07) is 0. The maximum Gasteiger partial charge on any atom is 0.438 e. The first-order chi connectivity index (χ1) is 6.41. The zero-order valence-electron chi connectivity index (χ0n) is 8.34. The van der Waals surface area contributed by atoms with E-state index in [0.29, 0.717) is 7.69 Å². The van der Waals surface area contributed by atoms with E-state index in [2.05, 4.69) is 13.2 Å². The van der Waals surface area contributed by atoms with Gasteiger partial charge in [-0.1, -0.05) is 12.2 Å². The highest BCUT2D eigenvalue weighted by Crippen LogP contribution is 1.91. The van der Waals surface area contributed by atoms with Crippen LogP contribution in [0.2, 0.25) is 0 Å². The average Bonchev–Trinajstić information content (AvgIpc) is 2.16. The van der Waals surface area contributed by atoms with Gasteiger partial charge in [0.15, 0.2) is 0 Å². The van der Waals surface area contributed by atoms with Gasteiger partial charge in [-0.3, -0.25) is 0 Å². The topological polar surface area (TPSA) is 18.5 Å². The third kappa shape index (κ3) is 11.5. The van der Waals surface area contributed by atoms with E-state index in [0.717, 1.165) is 38.9 Å². The molecule has 0 bridgehead atoms. The largest absolute Gasteiger partial charge is 0.438 e. The Kier molecular flexibility index (Phi) is 11.0. The lowest BCUT2D eigenvalue weighted by molar-refractivity contribution is 0.218. The summed E-state index contributed by atoms with van der Waals surface area (Å²) in [6.07, 6.45) is 7.87. The maximum atomic E-state index is 5.22. The van der Waals surface area contributed by atoms with Crippen LogP contribution in [-0.4, -0.2) is 20.9 Å². The smallest absolute Gasteiger partial charge is 0.414 e. The fraction of sp³-hybridized carbons (Fsp3) is 0.600. The number of rotatable bonds is 10. The summed E-state index contributed by atoms with van der Waals surface area (Å²) in [5.74, 6) is 0. The minimum atomic E-state index is 0.411. The van der Waals surface area contributed by atoms with Crippen molar-refractivity contribution in [2.45, 2.75) is 25.7 Å². The van der Waals surface area contributed by atoms with Crippen molar-refractivity contribution in [2.24, 2.45) is 0 Å². The van der Waals surface area contributed by atoms with Gasteiger partial charge in [-0.05, 0) is 25.7 Å². The SMILES string of the molecule is C=CCCCOBOCCCC=C. The Morgan fingerprint density at radius 3 is 1.77 bits per heavy atom. The quantitative estimate of drug-likeness (QED) is 0.293. The van der Waals surface area contributed by atoms with Gasteiger partial charge in [-0.25, -0.2) is 0 Å². The van der Waals surface area contributed by atoms with E-state index in [4.69, 9.17) is 9.31 Å². The van der Waals surface area contributed by atoms with Crippen LogP contribution in [0.15, 0.2) is 25.3 Å². The molecule has 0 aromatic rings. The van der Waals surface area contributed by atoms with Crippen molar-refractivity contribution in [3.8, 4) is 0 Å². The van der Waals surface area contributed by atoms with Crippen molar-refractivity contribution in [3.63, 3.8) is 0 Å². The molecule has 0 aromatic heterocycles. The minimum absolute atomic E-state index is 0.411. The molecule has 0 heterocycles. The lowest BCUT2D eigenvalue weighted by Gasteiger charge is -2.02. The number of allylic oxidation sites excluding steroid dienone is 2. The summed E-state index contributed by atoms with van der Waals surface area (Å²) < 4.78 is 10.4. The summed E-state index contributed by atoms with van der Waals surface area (Å²) in [5, 5.41) is 0. The van der Waals surface area contributed by atoms with E-state index < -0.39 is 0 Å². The molecule has 0 rings (SSSR count). The van der Waals surface area contributed by atoms with Crippen LogP contribution in [-0.2, 0) is 9.31 Å². The molecule has 0 aromatic carbocycles. The molecule has 0 unspecified atom stereocenters. The second-order valence-corrected chi connectivity index (χ2v) is 2.80. The molecular formula is C10H19BO2. The van der Waals surface area contributed by atoms with E-state index in [-0.39, 0.29) is 0 Å². The lowest BCUT2D eigenvalue weighted by atomic mass is 10.3. The Balaban J connectivity index is 2.83. The van der Waals surface area contributed by atoms with E-state index in [9.17, 15) is 0 Å². The summed E-state index contributed by atoms with van der Waals surface area (Å²) in [5.41, 5.74) is 0. The van der Waals surface area contributed by atoms with E-state index >= 15 is 0 Å². The highest BCUT2D eigenvalue weighted by Gasteiger charge is 1.91. The zero-order chi connectivity index (χ0) is 9.78. The van der Waals surface area contributed by atoms with E-state index in [1.165, 1.54) is 0 Å². The highest BCUT2D eigenvalue weighted by molar-refractivity contribution is 6.17. The van der Waals surface area contributed by atoms with Crippen molar-refractivity contribution in [1.29, 1.82) is 0 Å². The van der Waals surface area contributed by atoms with Gasteiger partial charge in [0, 0.05) is 13.2 Å². The molecule has 0 radical (unpaired) electrons. The van der Waals surface area contributed by atoms with Crippen molar-refractivity contribution < 1.29 is 9.31 Å². The van der Waals surface area contributed by atoms with E-state index in [1.54, 1.807) is 0 Å². The normalized spacial score (nSPS) is 9.54. The number of hydrogen-bond donors (Lipinski definition) is 0. The number of hydrogen-bond acceptors (Lipinski definition) is 2. The van der Waals surface area contributed by atoms with Gasteiger partial charge in [0.1, 0.15) is 0 Å². The monoisotopic (exact) mass is 182 g/mol. The molecule has 0 fully saturated rings. The minimum Gasteiger partial charge on any atom is -0.414 e. The van der Waals surface area contributed by atoms with Gasteiger partial charge in [-0.2, -0.15) is 0 Å². The van der Waals surface area contributed by atoms with Crippen LogP contribution in [0.25, 0.3) is 0 Å². The highest BCUT2D eigenvalue weighted by atomic mass is 16.6. The third-order valence-electron chi connectivity index (χ3n) is 1.56. The second kappa shape index (κ2) is 11.5. The van der Waals surface area contributed by atoms with Gasteiger partial charge in [0.25, 0.3) is 0 Å². The lowest BCUT2D eigenvalue weighted by Crippen LogP contribution is -2.06. The van der Waals surface area contributed by atoms with Gasteiger partial charge < -0.3 is 9.31 Å². The summed E-state index contributed by atoms with van der Waals surface area (Å²) in [4.78, 5) is 0. The van der Waals surface area contributed by atoms with E-state index in [1.807, 2.05) is 12.2 Å². The first kappa shape index (κ1) is 12.5. The maximum absolute atomic E-state index is 5.22. The Labute approximate surface area is 81.9 Å². The Morgan fingerprint density at radius 2 is 1.38 bits per heavy atom. The van der Waals surface area contributed by atoms with Crippen LogP contribution in [0, 0.1) is 0 Å². The molecule has 2 nitrogen and oxygen atoms in total. The average molecular weight is 182 g/mol. The van der Waals surface area contributed by atoms with Crippen molar-refractivity contribution >= 4 is 7.69 Å². The first-order valence-corrected chi connectivity index (χ1v) is 4.79. The molecule has 0 spiro atoms. The van der Waals surface area contributed by atoms with Gasteiger partial charge in [-0.15, -0.1) is 13.2 Å². The fourth-order valence-electron chi connectivity index (χ4n) is 0.836. The fourth-order valence-corrected chi connectivity index (χ4v) is 0.836. The van der Waals surface area contributed by atoms with Gasteiger partial charge in [0.05, 0.1) is 0 Å². The molecule has 0 amide bonds. The van der Waals surface area contributed by atoms with Gasteiger partial charge >= 0.3 is 7.69 Å². The van der Waals surface area contributed by atoms with Crippen LogP contribution in [0.5, 0.6) is 0 Å².